The van der Waals surface area contributed by atoms with E-state index in [0.29, 0.717) is 5.69 Å². The number of aliphatic hydroxyl groups excluding tert-OH is 1. The van der Waals surface area contributed by atoms with Crippen LogP contribution in [0.1, 0.15) is 32.0 Å². The van der Waals surface area contributed by atoms with Crippen LogP contribution in [-0.4, -0.2) is 53.5 Å². The third-order valence-corrected chi connectivity index (χ3v) is 8.28. The molecule has 0 aliphatic carbocycles. The number of aryl methyl sites for hydroxylation is 1. The van der Waals surface area contributed by atoms with Gasteiger partial charge in [0.15, 0.2) is 23.1 Å². The van der Waals surface area contributed by atoms with Crippen LogP contribution in [-0.2, 0) is 23.2 Å². The Kier molecular flexibility index (Phi) is 7.30. The summed E-state index contributed by atoms with van der Waals surface area (Å²) in [5, 5.41) is 20.4. The van der Waals surface area contributed by atoms with Crippen LogP contribution in [0.5, 0.6) is 0 Å². The maximum atomic E-state index is 15.0. The van der Waals surface area contributed by atoms with Gasteiger partial charge in [-0.3, -0.25) is 4.68 Å². The van der Waals surface area contributed by atoms with E-state index in [1.807, 2.05) is 27.7 Å². The summed E-state index contributed by atoms with van der Waals surface area (Å²) in [6.45, 7) is 7.70. The molecule has 2 N–H and O–H groups in total. The number of halogens is 2. The summed E-state index contributed by atoms with van der Waals surface area (Å²) in [5.41, 5.74) is 0.998. The fraction of sp³-hybridized carbons (Fsp3) is 0.296. The standard InChI is InChI=1S/C27H28F2N8O3S/c1-16-5-7-19(8-6-16)41(39,40)37-13-21(20-9-17(28)10-31-26(20)37)24-30-11-22(29)25(33-24)32-23(27(2,3)4)14-36-12-18(15-38)34-35-36/h5-13,23,38H,14-15H2,1-4H3,(H,30,32,33)/t23-/m1/s1. The lowest BCUT2D eigenvalue weighted by molar-refractivity contribution is 0.276. The van der Waals surface area contributed by atoms with Crippen LogP contribution >= 0.6 is 0 Å². The van der Waals surface area contributed by atoms with Gasteiger partial charge in [0.1, 0.15) is 11.5 Å². The van der Waals surface area contributed by atoms with Gasteiger partial charge in [-0.05, 0) is 30.5 Å². The van der Waals surface area contributed by atoms with Gasteiger partial charge < -0.3 is 10.4 Å². The van der Waals surface area contributed by atoms with Gasteiger partial charge in [0, 0.05) is 17.1 Å². The number of nitrogens with zero attached hydrogens (tertiary/aromatic N) is 7. The highest BCUT2D eigenvalue weighted by atomic mass is 32.2. The van der Waals surface area contributed by atoms with E-state index in [1.165, 1.54) is 23.0 Å². The number of aromatic nitrogens is 7. The maximum absolute atomic E-state index is 15.0. The molecule has 1 aromatic carbocycles. The zero-order chi connectivity index (χ0) is 29.5. The molecular formula is C27H28F2N8O3S. The predicted molar refractivity (Wildman–Crippen MR) is 147 cm³/mol. The van der Waals surface area contributed by atoms with Gasteiger partial charge in [0.25, 0.3) is 10.0 Å². The first kappa shape index (κ1) is 28.2. The average molecular weight is 583 g/mol. The highest BCUT2D eigenvalue weighted by Gasteiger charge is 2.28. The Morgan fingerprint density at radius 3 is 2.46 bits per heavy atom. The van der Waals surface area contributed by atoms with Crippen LogP contribution in [0.15, 0.2) is 60.0 Å². The van der Waals surface area contributed by atoms with Gasteiger partial charge in [-0.1, -0.05) is 43.7 Å². The third-order valence-electron chi connectivity index (χ3n) is 6.62. The monoisotopic (exact) mass is 582 g/mol. The molecule has 0 aliphatic heterocycles. The number of aliphatic hydroxyl groups is 1. The number of hydrogen-bond donors (Lipinski definition) is 2. The molecule has 1 atom stereocenters. The van der Waals surface area contributed by atoms with Gasteiger partial charge in [-0.15, -0.1) is 5.10 Å². The second-order valence-corrected chi connectivity index (χ2v) is 12.5. The lowest BCUT2D eigenvalue weighted by Gasteiger charge is -2.31. The molecule has 0 amide bonds. The van der Waals surface area contributed by atoms with Crippen molar-refractivity contribution in [3.05, 3.63) is 78.0 Å². The Morgan fingerprint density at radius 2 is 1.80 bits per heavy atom. The molecule has 4 aromatic heterocycles. The first-order valence-electron chi connectivity index (χ1n) is 12.6. The molecule has 4 heterocycles. The molecule has 41 heavy (non-hydrogen) atoms. The van der Waals surface area contributed by atoms with Crippen LogP contribution in [0.25, 0.3) is 22.4 Å². The zero-order valence-electron chi connectivity index (χ0n) is 22.7. The van der Waals surface area contributed by atoms with E-state index < -0.39 is 33.1 Å². The summed E-state index contributed by atoms with van der Waals surface area (Å²) < 4.78 is 58.9. The number of fused-ring (bicyclic) bond motifs is 1. The normalized spacial score (nSPS) is 13.0. The summed E-state index contributed by atoms with van der Waals surface area (Å²) in [6, 6.07) is 7.02. The van der Waals surface area contributed by atoms with Crippen molar-refractivity contribution in [2.75, 3.05) is 5.32 Å². The molecule has 11 nitrogen and oxygen atoms in total. The molecule has 0 radical (unpaired) electrons. The van der Waals surface area contributed by atoms with Gasteiger partial charge >= 0.3 is 0 Å². The Bertz CT molecular complexity index is 1830. The summed E-state index contributed by atoms with van der Waals surface area (Å²) >= 11 is 0. The van der Waals surface area contributed by atoms with Crippen molar-refractivity contribution >= 4 is 26.9 Å². The smallest absolute Gasteiger partial charge is 0.269 e. The van der Waals surface area contributed by atoms with Crippen LogP contribution < -0.4 is 5.32 Å². The van der Waals surface area contributed by atoms with E-state index in [-0.39, 0.29) is 46.3 Å². The van der Waals surface area contributed by atoms with Crippen LogP contribution in [0.3, 0.4) is 0 Å². The van der Waals surface area contributed by atoms with Crippen molar-refractivity contribution in [2.45, 2.75) is 51.8 Å². The first-order chi connectivity index (χ1) is 19.4. The second kappa shape index (κ2) is 10.6. The van der Waals surface area contributed by atoms with Gasteiger partial charge in [0.05, 0.1) is 42.7 Å². The molecule has 0 unspecified atom stereocenters. The fourth-order valence-electron chi connectivity index (χ4n) is 4.23. The van der Waals surface area contributed by atoms with E-state index in [2.05, 4.69) is 30.6 Å². The zero-order valence-corrected chi connectivity index (χ0v) is 23.6. The van der Waals surface area contributed by atoms with Crippen molar-refractivity contribution < 1.29 is 22.3 Å². The SMILES string of the molecule is Cc1ccc(S(=O)(=O)n2cc(-c3ncc(F)c(N[C@H](Cn4cc(CO)nn4)C(C)(C)C)n3)c3cc(F)cnc32)cc1. The molecule has 214 valence electrons. The molecule has 0 spiro atoms. The lowest BCUT2D eigenvalue weighted by atomic mass is 9.86. The highest BCUT2D eigenvalue weighted by molar-refractivity contribution is 7.90. The predicted octanol–water partition coefficient (Wildman–Crippen LogP) is 3.93. The molecule has 5 aromatic rings. The Balaban J connectivity index is 1.58. The van der Waals surface area contributed by atoms with Crippen LogP contribution in [0.4, 0.5) is 14.6 Å². The number of benzene rings is 1. The molecule has 0 aliphatic rings. The summed E-state index contributed by atoms with van der Waals surface area (Å²) in [4.78, 5) is 12.5. The van der Waals surface area contributed by atoms with Crippen molar-refractivity contribution in [1.82, 2.24) is 33.9 Å². The maximum Gasteiger partial charge on any atom is 0.269 e. The largest absolute Gasteiger partial charge is 0.390 e. The van der Waals surface area contributed by atoms with Crippen molar-refractivity contribution in [1.29, 1.82) is 0 Å². The van der Waals surface area contributed by atoms with Crippen molar-refractivity contribution in [3.8, 4) is 11.4 Å². The third kappa shape index (κ3) is 5.65. The van der Waals surface area contributed by atoms with Crippen molar-refractivity contribution in [3.63, 3.8) is 0 Å². The lowest BCUT2D eigenvalue weighted by Crippen LogP contribution is -2.38. The van der Waals surface area contributed by atoms with Gasteiger partial charge in [-0.25, -0.2) is 36.1 Å². The van der Waals surface area contributed by atoms with Gasteiger partial charge in [-0.2, -0.15) is 0 Å². The molecular weight excluding hydrogens is 554 g/mol. The number of anilines is 1. The fourth-order valence-corrected chi connectivity index (χ4v) is 5.55. The number of nitrogens with one attached hydrogen (secondary N) is 1. The first-order valence-corrected chi connectivity index (χ1v) is 14.1. The number of rotatable bonds is 8. The summed E-state index contributed by atoms with van der Waals surface area (Å²) in [6.07, 6.45) is 4.74. The molecule has 0 bridgehead atoms. The number of hydrogen-bond acceptors (Lipinski definition) is 9. The minimum atomic E-state index is -4.12. The Labute approximate surface area is 235 Å². The molecule has 5 rings (SSSR count). The van der Waals surface area contributed by atoms with E-state index in [4.69, 9.17) is 0 Å². The summed E-state index contributed by atoms with van der Waals surface area (Å²) in [5.74, 6) is -1.59. The van der Waals surface area contributed by atoms with E-state index in [9.17, 15) is 17.9 Å². The Hall–Kier alpha value is -4.30. The molecule has 0 saturated carbocycles. The average Bonchev–Trinajstić information content (AvgIpc) is 3.54. The van der Waals surface area contributed by atoms with Crippen LogP contribution in [0.2, 0.25) is 0 Å². The second-order valence-electron chi connectivity index (χ2n) is 10.7. The van der Waals surface area contributed by atoms with E-state index in [0.717, 1.165) is 28.0 Å². The topological polar surface area (TPSA) is 141 Å². The minimum absolute atomic E-state index is 0.0190. The highest BCUT2D eigenvalue weighted by Crippen LogP contribution is 2.32. The Morgan fingerprint density at radius 1 is 1.07 bits per heavy atom. The molecule has 0 saturated heterocycles. The summed E-state index contributed by atoms with van der Waals surface area (Å²) in [7, 11) is -4.12. The quantitative estimate of drug-likeness (QED) is 0.278. The van der Waals surface area contributed by atoms with E-state index >= 15 is 4.39 Å². The molecule has 0 fully saturated rings. The van der Waals surface area contributed by atoms with E-state index in [1.54, 1.807) is 18.3 Å². The van der Waals surface area contributed by atoms with Crippen molar-refractivity contribution in [2.24, 2.45) is 5.41 Å². The van der Waals surface area contributed by atoms with Gasteiger partial charge in [0.2, 0.25) is 0 Å². The number of pyridine rings is 1. The minimum Gasteiger partial charge on any atom is -0.390 e. The van der Waals surface area contributed by atoms with Crippen LogP contribution in [0, 0.1) is 24.0 Å². The molecule has 14 heteroatoms.